The number of anilines is 2. The molecule has 0 aliphatic carbocycles. The van der Waals surface area contributed by atoms with Crippen LogP contribution in [0.15, 0.2) is 36.8 Å². The summed E-state index contributed by atoms with van der Waals surface area (Å²) in [4.78, 5) is 18.0. The molecule has 4 rings (SSSR count). The molecule has 1 atom stereocenters. The van der Waals surface area contributed by atoms with E-state index in [4.69, 9.17) is 4.74 Å². The number of hydrogen-bond donors (Lipinski definition) is 0. The lowest BCUT2D eigenvalue weighted by atomic mass is 10.0. The van der Waals surface area contributed by atoms with Gasteiger partial charge in [-0.05, 0) is 18.6 Å². The quantitative estimate of drug-likeness (QED) is 0.860. The van der Waals surface area contributed by atoms with Crippen LogP contribution in [-0.4, -0.2) is 54.3 Å². The van der Waals surface area contributed by atoms with Crippen LogP contribution in [0.3, 0.4) is 0 Å². The molecule has 2 aromatic rings. The van der Waals surface area contributed by atoms with E-state index in [-0.39, 0.29) is 0 Å². The Hall–Kier alpha value is -2.21. The summed E-state index contributed by atoms with van der Waals surface area (Å²) in [5.41, 5.74) is 1.11. The molecule has 2 fully saturated rings. The fraction of sp³-hybridized carbons (Fsp3) is 0.471. The standard InChI is InChI=1S/C17H21N5O/c1-2-5-18-16(3-1)21-6-8-22(9-7-21)17-11-15(19-13-20-17)14-4-10-23-12-14/h1-3,5,11,13-14H,4,6-10,12H2/t14-/m0/s1. The average Bonchev–Trinajstić information content (AvgIpc) is 3.18. The third-order valence-electron chi connectivity index (χ3n) is 4.60. The summed E-state index contributed by atoms with van der Waals surface area (Å²) in [5.74, 6) is 2.51. The molecule has 0 N–H and O–H groups in total. The molecule has 6 heteroatoms. The number of ether oxygens (including phenoxy) is 1. The van der Waals surface area contributed by atoms with Crippen molar-refractivity contribution in [2.75, 3.05) is 49.2 Å². The normalized spacial score (nSPS) is 21.7. The van der Waals surface area contributed by atoms with Gasteiger partial charge in [0.1, 0.15) is 18.0 Å². The van der Waals surface area contributed by atoms with E-state index in [2.05, 4.69) is 36.9 Å². The first-order chi connectivity index (χ1) is 11.4. The van der Waals surface area contributed by atoms with Gasteiger partial charge in [-0.1, -0.05) is 6.07 Å². The lowest BCUT2D eigenvalue weighted by Crippen LogP contribution is -2.47. The van der Waals surface area contributed by atoms with E-state index in [9.17, 15) is 0 Å². The largest absolute Gasteiger partial charge is 0.381 e. The molecular formula is C17H21N5O. The van der Waals surface area contributed by atoms with Crippen LogP contribution in [0.5, 0.6) is 0 Å². The molecule has 0 unspecified atom stereocenters. The molecule has 0 amide bonds. The summed E-state index contributed by atoms with van der Waals surface area (Å²) < 4.78 is 5.47. The molecule has 0 spiro atoms. The van der Waals surface area contributed by atoms with Crippen molar-refractivity contribution in [1.82, 2.24) is 15.0 Å². The van der Waals surface area contributed by atoms with Crippen LogP contribution in [0.2, 0.25) is 0 Å². The first-order valence-corrected chi connectivity index (χ1v) is 8.21. The Balaban J connectivity index is 1.43. The summed E-state index contributed by atoms with van der Waals surface area (Å²) in [5, 5.41) is 0. The van der Waals surface area contributed by atoms with Gasteiger partial charge in [0.2, 0.25) is 0 Å². The highest BCUT2D eigenvalue weighted by atomic mass is 16.5. The van der Waals surface area contributed by atoms with Crippen LogP contribution in [0, 0.1) is 0 Å². The minimum atomic E-state index is 0.423. The first-order valence-electron chi connectivity index (χ1n) is 8.21. The number of nitrogens with zero attached hydrogens (tertiary/aromatic N) is 5. The Kier molecular flexibility index (Phi) is 4.06. The fourth-order valence-electron chi connectivity index (χ4n) is 3.23. The Labute approximate surface area is 136 Å². The molecule has 0 saturated carbocycles. The zero-order valence-corrected chi connectivity index (χ0v) is 13.1. The molecule has 0 radical (unpaired) electrons. The van der Waals surface area contributed by atoms with Crippen molar-refractivity contribution in [2.24, 2.45) is 0 Å². The van der Waals surface area contributed by atoms with Crippen molar-refractivity contribution < 1.29 is 4.74 Å². The minimum Gasteiger partial charge on any atom is -0.381 e. The van der Waals surface area contributed by atoms with Gasteiger partial charge in [0, 0.05) is 51.0 Å². The van der Waals surface area contributed by atoms with Crippen molar-refractivity contribution in [3.8, 4) is 0 Å². The average molecular weight is 311 g/mol. The third kappa shape index (κ3) is 3.12. The molecular weight excluding hydrogens is 290 g/mol. The monoisotopic (exact) mass is 311 g/mol. The van der Waals surface area contributed by atoms with Crippen LogP contribution in [0.25, 0.3) is 0 Å². The summed E-state index contributed by atoms with van der Waals surface area (Å²) in [6, 6.07) is 8.19. The topological polar surface area (TPSA) is 54.4 Å². The number of aromatic nitrogens is 3. The first kappa shape index (κ1) is 14.4. The molecule has 6 nitrogen and oxygen atoms in total. The molecule has 2 saturated heterocycles. The molecule has 0 aromatic carbocycles. The van der Waals surface area contributed by atoms with E-state index < -0.39 is 0 Å². The van der Waals surface area contributed by atoms with E-state index in [1.54, 1.807) is 6.33 Å². The van der Waals surface area contributed by atoms with Crippen molar-refractivity contribution in [1.29, 1.82) is 0 Å². The zero-order valence-electron chi connectivity index (χ0n) is 13.1. The van der Waals surface area contributed by atoms with Crippen LogP contribution in [0.4, 0.5) is 11.6 Å². The second-order valence-electron chi connectivity index (χ2n) is 6.02. The molecule has 0 bridgehead atoms. The Morgan fingerprint density at radius 3 is 2.48 bits per heavy atom. The highest BCUT2D eigenvalue weighted by molar-refractivity contribution is 5.45. The number of piperazine rings is 1. The van der Waals surface area contributed by atoms with Crippen molar-refractivity contribution >= 4 is 11.6 Å². The van der Waals surface area contributed by atoms with E-state index in [0.29, 0.717) is 5.92 Å². The molecule has 23 heavy (non-hydrogen) atoms. The Morgan fingerprint density at radius 1 is 0.957 bits per heavy atom. The lowest BCUT2D eigenvalue weighted by molar-refractivity contribution is 0.193. The lowest BCUT2D eigenvalue weighted by Gasteiger charge is -2.36. The van der Waals surface area contributed by atoms with Gasteiger partial charge >= 0.3 is 0 Å². The molecule has 2 aromatic heterocycles. The van der Waals surface area contributed by atoms with Gasteiger partial charge in [0.15, 0.2) is 0 Å². The van der Waals surface area contributed by atoms with E-state index >= 15 is 0 Å². The maximum Gasteiger partial charge on any atom is 0.132 e. The van der Waals surface area contributed by atoms with Crippen molar-refractivity contribution in [2.45, 2.75) is 12.3 Å². The smallest absolute Gasteiger partial charge is 0.132 e. The van der Waals surface area contributed by atoms with Gasteiger partial charge < -0.3 is 14.5 Å². The summed E-state index contributed by atoms with van der Waals surface area (Å²) in [6.07, 6.45) is 4.60. The van der Waals surface area contributed by atoms with Gasteiger partial charge in [-0.3, -0.25) is 0 Å². The van der Waals surface area contributed by atoms with Gasteiger partial charge in [-0.2, -0.15) is 0 Å². The summed E-state index contributed by atoms with van der Waals surface area (Å²) in [6.45, 7) is 5.45. The van der Waals surface area contributed by atoms with Gasteiger partial charge in [0.25, 0.3) is 0 Å². The number of rotatable bonds is 3. The maximum absolute atomic E-state index is 5.47. The SMILES string of the molecule is c1ccc(N2CCN(c3cc([C@H]4CCOC4)ncn3)CC2)nc1. The van der Waals surface area contributed by atoms with E-state index in [1.807, 2.05) is 18.3 Å². The van der Waals surface area contributed by atoms with Crippen LogP contribution < -0.4 is 9.80 Å². The molecule has 2 aliphatic heterocycles. The second kappa shape index (κ2) is 6.50. The van der Waals surface area contributed by atoms with Crippen molar-refractivity contribution in [3.05, 3.63) is 42.5 Å². The fourth-order valence-corrected chi connectivity index (χ4v) is 3.23. The van der Waals surface area contributed by atoms with Crippen LogP contribution >= 0.6 is 0 Å². The highest BCUT2D eigenvalue weighted by Crippen LogP contribution is 2.26. The zero-order chi connectivity index (χ0) is 15.5. The predicted molar refractivity (Wildman–Crippen MR) is 88.9 cm³/mol. The third-order valence-corrected chi connectivity index (χ3v) is 4.60. The highest BCUT2D eigenvalue weighted by Gasteiger charge is 2.22. The predicted octanol–water partition coefficient (Wildman–Crippen LogP) is 1.70. The van der Waals surface area contributed by atoms with Crippen LogP contribution in [-0.2, 0) is 4.74 Å². The summed E-state index contributed by atoms with van der Waals surface area (Å²) in [7, 11) is 0. The van der Waals surface area contributed by atoms with Crippen molar-refractivity contribution in [3.63, 3.8) is 0 Å². The molecule has 120 valence electrons. The maximum atomic E-state index is 5.47. The molecule has 2 aliphatic rings. The van der Waals surface area contributed by atoms with Gasteiger partial charge in [-0.25, -0.2) is 15.0 Å². The summed E-state index contributed by atoms with van der Waals surface area (Å²) >= 11 is 0. The Morgan fingerprint density at radius 2 is 1.78 bits per heavy atom. The molecule has 4 heterocycles. The second-order valence-corrected chi connectivity index (χ2v) is 6.02. The van der Waals surface area contributed by atoms with Crippen LogP contribution in [0.1, 0.15) is 18.0 Å². The van der Waals surface area contributed by atoms with E-state index in [0.717, 1.165) is 63.1 Å². The van der Waals surface area contributed by atoms with Gasteiger partial charge in [-0.15, -0.1) is 0 Å². The van der Waals surface area contributed by atoms with E-state index in [1.165, 1.54) is 0 Å². The number of pyridine rings is 1. The van der Waals surface area contributed by atoms with Gasteiger partial charge in [0.05, 0.1) is 12.3 Å². The minimum absolute atomic E-state index is 0.423. The number of hydrogen-bond acceptors (Lipinski definition) is 6. The Bertz CT molecular complexity index is 636.